The Labute approximate surface area is 112 Å². The maximum atomic E-state index is 6.18. The van der Waals surface area contributed by atoms with E-state index in [1.165, 1.54) is 0 Å². The van der Waals surface area contributed by atoms with Gasteiger partial charge in [0.15, 0.2) is 0 Å². The first-order chi connectivity index (χ1) is 8.70. The van der Waals surface area contributed by atoms with Gasteiger partial charge in [0.2, 0.25) is 0 Å². The Morgan fingerprint density at radius 3 is 2.72 bits per heavy atom. The van der Waals surface area contributed by atoms with Crippen LogP contribution < -0.4 is 5.32 Å². The minimum atomic E-state index is 0.145. The van der Waals surface area contributed by atoms with Crippen molar-refractivity contribution < 1.29 is 0 Å². The number of rotatable bonds is 4. The fraction of sp³-hybridized carbons (Fsp3) is 0.286. The first-order valence-corrected chi connectivity index (χ1v) is 6.28. The Bertz CT molecular complexity index is 528. The minimum Gasteiger partial charge on any atom is -0.311 e. The molecule has 1 aromatic heterocycles. The predicted molar refractivity (Wildman–Crippen MR) is 73.7 cm³/mol. The van der Waals surface area contributed by atoms with Crippen LogP contribution in [0.15, 0.2) is 36.5 Å². The molecular formula is C14H16ClN3. The lowest BCUT2D eigenvalue weighted by Crippen LogP contribution is -2.20. The number of nitrogens with zero attached hydrogens (tertiary/aromatic N) is 2. The van der Waals surface area contributed by atoms with Gasteiger partial charge in [-0.05, 0) is 38.1 Å². The van der Waals surface area contributed by atoms with Crippen molar-refractivity contribution in [2.75, 3.05) is 7.05 Å². The summed E-state index contributed by atoms with van der Waals surface area (Å²) >= 11 is 6.18. The van der Waals surface area contributed by atoms with Gasteiger partial charge in [-0.3, -0.25) is 0 Å². The van der Waals surface area contributed by atoms with Gasteiger partial charge in [0, 0.05) is 11.2 Å². The fourth-order valence-corrected chi connectivity index (χ4v) is 2.12. The van der Waals surface area contributed by atoms with E-state index in [4.69, 9.17) is 11.6 Å². The highest BCUT2D eigenvalue weighted by Gasteiger charge is 2.13. The highest BCUT2D eigenvalue weighted by molar-refractivity contribution is 6.31. The van der Waals surface area contributed by atoms with Gasteiger partial charge in [0.1, 0.15) is 5.82 Å². The van der Waals surface area contributed by atoms with Crippen LogP contribution in [0.4, 0.5) is 0 Å². The second kappa shape index (κ2) is 5.94. The molecule has 0 radical (unpaired) electrons. The molecule has 0 fully saturated rings. The first kappa shape index (κ1) is 13.0. The summed E-state index contributed by atoms with van der Waals surface area (Å²) in [5, 5.41) is 4.07. The minimum absolute atomic E-state index is 0.145. The normalized spacial score (nSPS) is 12.4. The van der Waals surface area contributed by atoms with Crippen LogP contribution in [0, 0.1) is 6.92 Å². The number of nitrogens with one attached hydrogen (secondary N) is 1. The first-order valence-electron chi connectivity index (χ1n) is 5.91. The molecule has 2 aromatic rings. The van der Waals surface area contributed by atoms with Crippen LogP contribution in [-0.2, 0) is 6.42 Å². The maximum Gasteiger partial charge on any atom is 0.125 e. The Kier molecular flexibility index (Phi) is 4.28. The van der Waals surface area contributed by atoms with E-state index in [0.717, 1.165) is 28.5 Å². The summed E-state index contributed by atoms with van der Waals surface area (Å²) < 4.78 is 0. The molecule has 1 heterocycles. The Morgan fingerprint density at radius 2 is 2.06 bits per heavy atom. The second-order valence-corrected chi connectivity index (χ2v) is 4.57. The second-order valence-electron chi connectivity index (χ2n) is 4.17. The van der Waals surface area contributed by atoms with Gasteiger partial charge in [0.25, 0.3) is 0 Å². The lowest BCUT2D eigenvalue weighted by molar-refractivity contribution is 0.572. The number of hydrogen-bond donors (Lipinski definition) is 1. The van der Waals surface area contributed by atoms with Crippen LogP contribution in [0.2, 0.25) is 5.02 Å². The van der Waals surface area contributed by atoms with Gasteiger partial charge in [0.05, 0.1) is 11.7 Å². The number of aryl methyl sites for hydroxylation is 1. The molecule has 0 saturated heterocycles. The quantitative estimate of drug-likeness (QED) is 0.920. The van der Waals surface area contributed by atoms with E-state index in [-0.39, 0.29) is 6.04 Å². The van der Waals surface area contributed by atoms with Crippen LogP contribution in [0.5, 0.6) is 0 Å². The third kappa shape index (κ3) is 3.06. The molecule has 94 valence electrons. The summed E-state index contributed by atoms with van der Waals surface area (Å²) in [7, 11) is 1.93. The van der Waals surface area contributed by atoms with Crippen molar-refractivity contribution in [2.24, 2.45) is 0 Å². The summed E-state index contributed by atoms with van der Waals surface area (Å²) in [5.41, 5.74) is 2.11. The van der Waals surface area contributed by atoms with E-state index in [0.29, 0.717) is 0 Å². The van der Waals surface area contributed by atoms with Crippen LogP contribution >= 0.6 is 11.6 Å². The van der Waals surface area contributed by atoms with Crippen molar-refractivity contribution in [1.29, 1.82) is 0 Å². The van der Waals surface area contributed by atoms with Crippen molar-refractivity contribution in [3.05, 3.63) is 58.6 Å². The summed E-state index contributed by atoms with van der Waals surface area (Å²) in [6.07, 6.45) is 2.60. The Hall–Kier alpha value is -1.45. The molecule has 0 amide bonds. The molecule has 0 bridgehead atoms. The molecule has 1 N–H and O–H groups in total. The zero-order valence-corrected chi connectivity index (χ0v) is 11.3. The smallest absolute Gasteiger partial charge is 0.125 e. The Balaban J connectivity index is 2.23. The van der Waals surface area contributed by atoms with Crippen molar-refractivity contribution in [3.63, 3.8) is 0 Å². The van der Waals surface area contributed by atoms with E-state index in [1.54, 1.807) is 6.20 Å². The molecule has 0 aliphatic rings. The SMILES string of the molecule is CNC(Cc1ccccc1Cl)c1ccnc(C)n1. The molecule has 4 heteroatoms. The van der Waals surface area contributed by atoms with E-state index in [1.807, 2.05) is 44.3 Å². The molecule has 0 saturated carbocycles. The van der Waals surface area contributed by atoms with E-state index in [2.05, 4.69) is 15.3 Å². The third-order valence-electron chi connectivity index (χ3n) is 2.88. The number of likely N-dealkylation sites (N-methyl/N-ethyl adjacent to an activating group) is 1. The molecule has 0 spiro atoms. The molecule has 0 aliphatic carbocycles. The lowest BCUT2D eigenvalue weighted by Gasteiger charge is -2.16. The van der Waals surface area contributed by atoms with Gasteiger partial charge in [-0.1, -0.05) is 29.8 Å². The largest absolute Gasteiger partial charge is 0.311 e. The van der Waals surface area contributed by atoms with Crippen molar-refractivity contribution in [3.8, 4) is 0 Å². The molecule has 3 nitrogen and oxygen atoms in total. The van der Waals surface area contributed by atoms with E-state index >= 15 is 0 Å². The number of benzene rings is 1. The number of aromatic nitrogens is 2. The average molecular weight is 262 g/mol. The van der Waals surface area contributed by atoms with Gasteiger partial charge in [-0.15, -0.1) is 0 Å². The van der Waals surface area contributed by atoms with Gasteiger partial charge in [-0.2, -0.15) is 0 Å². The fourth-order valence-electron chi connectivity index (χ4n) is 1.91. The topological polar surface area (TPSA) is 37.8 Å². The zero-order valence-electron chi connectivity index (χ0n) is 10.5. The zero-order chi connectivity index (χ0) is 13.0. The summed E-state index contributed by atoms with van der Waals surface area (Å²) in [5.74, 6) is 0.784. The molecule has 1 unspecified atom stereocenters. The third-order valence-corrected chi connectivity index (χ3v) is 3.25. The number of halogens is 1. The number of hydrogen-bond acceptors (Lipinski definition) is 3. The summed E-state index contributed by atoms with van der Waals surface area (Å²) in [6.45, 7) is 1.89. The highest BCUT2D eigenvalue weighted by Crippen LogP contribution is 2.22. The maximum absolute atomic E-state index is 6.18. The van der Waals surface area contributed by atoms with Crippen molar-refractivity contribution in [1.82, 2.24) is 15.3 Å². The van der Waals surface area contributed by atoms with Gasteiger partial charge in [-0.25, -0.2) is 9.97 Å². The van der Waals surface area contributed by atoms with Gasteiger partial charge < -0.3 is 5.32 Å². The predicted octanol–water partition coefficient (Wildman–Crippen LogP) is 2.94. The molecule has 1 aromatic carbocycles. The standard InChI is InChI=1S/C14H16ClN3/c1-10-17-8-7-13(18-10)14(16-2)9-11-5-3-4-6-12(11)15/h3-8,14,16H,9H2,1-2H3. The summed E-state index contributed by atoms with van der Waals surface area (Å²) in [6, 6.07) is 9.97. The van der Waals surface area contributed by atoms with E-state index < -0.39 is 0 Å². The molecule has 0 aliphatic heterocycles. The van der Waals surface area contributed by atoms with Crippen LogP contribution in [0.3, 0.4) is 0 Å². The van der Waals surface area contributed by atoms with Crippen LogP contribution in [0.25, 0.3) is 0 Å². The molecule has 18 heavy (non-hydrogen) atoms. The van der Waals surface area contributed by atoms with Crippen LogP contribution in [0.1, 0.15) is 23.1 Å². The average Bonchev–Trinajstić information content (AvgIpc) is 2.38. The summed E-state index contributed by atoms with van der Waals surface area (Å²) in [4.78, 5) is 8.57. The van der Waals surface area contributed by atoms with E-state index in [9.17, 15) is 0 Å². The molecule has 1 atom stereocenters. The highest BCUT2D eigenvalue weighted by atomic mass is 35.5. The van der Waals surface area contributed by atoms with Crippen molar-refractivity contribution in [2.45, 2.75) is 19.4 Å². The Morgan fingerprint density at radius 1 is 1.28 bits per heavy atom. The molecular weight excluding hydrogens is 246 g/mol. The van der Waals surface area contributed by atoms with Gasteiger partial charge >= 0.3 is 0 Å². The molecule has 2 rings (SSSR count). The van der Waals surface area contributed by atoms with Crippen LogP contribution in [-0.4, -0.2) is 17.0 Å². The lowest BCUT2D eigenvalue weighted by atomic mass is 10.0. The monoisotopic (exact) mass is 261 g/mol. The van der Waals surface area contributed by atoms with Crippen molar-refractivity contribution >= 4 is 11.6 Å².